The Kier molecular flexibility index (Phi) is 6.15. The molecule has 152 valence electrons. The van der Waals surface area contributed by atoms with Gasteiger partial charge in [0.15, 0.2) is 0 Å². The van der Waals surface area contributed by atoms with Gasteiger partial charge in [-0.2, -0.15) is 9.78 Å². The number of carbonyl (C=O) groups excluding carboxylic acids is 2. The molecular formula is C20H27ClN4O2S. The first-order chi connectivity index (χ1) is 13.1. The molecule has 0 bridgehead atoms. The minimum atomic E-state index is -0.538. The lowest BCUT2D eigenvalue weighted by Crippen LogP contribution is -2.36. The number of piperidine rings is 1. The molecule has 0 atom stereocenters. The summed E-state index contributed by atoms with van der Waals surface area (Å²) >= 11 is 7.53. The van der Waals surface area contributed by atoms with Gasteiger partial charge >= 0.3 is 0 Å². The van der Waals surface area contributed by atoms with E-state index in [1.54, 1.807) is 6.92 Å². The molecule has 1 saturated heterocycles. The van der Waals surface area contributed by atoms with Crippen molar-refractivity contribution in [3.63, 3.8) is 0 Å². The van der Waals surface area contributed by atoms with Crippen molar-refractivity contribution >= 4 is 40.6 Å². The third kappa shape index (κ3) is 4.75. The molecule has 0 aliphatic carbocycles. The molecule has 3 heterocycles. The van der Waals surface area contributed by atoms with Gasteiger partial charge in [-0.3, -0.25) is 9.59 Å². The molecular weight excluding hydrogens is 396 g/mol. The van der Waals surface area contributed by atoms with Gasteiger partial charge < -0.3 is 10.2 Å². The fourth-order valence-electron chi connectivity index (χ4n) is 3.31. The highest BCUT2D eigenvalue weighted by Crippen LogP contribution is 2.31. The second kappa shape index (κ2) is 8.25. The first-order valence-corrected chi connectivity index (χ1v) is 10.7. The number of halogens is 1. The van der Waals surface area contributed by atoms with Crippen molar-refractivity contribution < 1.29 is 9.59 Å². The smallest absolute Gasteiger partial charge is 0.254 e. The van der Waals surface area contributed by atoms with E-state index in [1.165, 1.54) is 16.0 Å². The molecule has 6 nitrogen and oxygen atoms in total. The number of anilines is 1. The van der Waals surface area contributed by atoms with E-state index in [2.05, 4.69) is 10.4 Å². The number of thiophene rings is 1. The molecule has 0 saturated carbocycles. The average molecular weight is 423 g/mol. The van der Waals surface area contributed by atoms with Crippen LogP contribution < -0.4 is 5.32 Å². The maximum absolute atomic E-state index is 12.9. The molecule has 0 unspecified atom stereocenters. The van der Waals surface area contributed by atoms with E-state index >= 15 is 0 Å². The van der Waals surface area contributed by atoms with Crippen LogP contribution in [0.5, 0.6) is 0 Å². The number of hydrogen-bond acceptors (Lipinski definition) is 5. The lowest BCUT2D eigenvalue weighted by Gasteiger charge is -2.30. The van der Waals surface area contributed by atoms with Gasteiger partial charge in [0.1, 0.15) is 5.82 Å². The number of carbonyl (C=O) groups is 2. The summed E-state index contributed by atoms with van der Waals surface area (Å²) in [7, 11) is 0. The number of nitrogens with zero attached hydrogens (tertiary/aromatic N) is 3. The van der Waals surface area contributed by atoms with E-state index in [9.17, 15) is 9.59 Å². The van der Waals surface area contributed by atoms with Crippen molar-refractivity contribution in [1.82, 2.24) is 14.7 Å². The number of nitrogens with one attached hydrogen (secondary N) is 1. The normalized spacial score (nSPS) is 15.7. The first kappa shape index (κ1) is 20.9. The maximum Gasteiger partial charge on any atom is 0.254 e. The van der Waals surface area contributed by atoms with Crippen LogP contribution in [-0.2, 0) is 11.3 Å². The zero-order valence-electron chi connectivity index (χ0n) is 16.8. The predicted octanol–water partition coefficient (Wildman–Crippen LogP) is 4.62. The summed E-state index contributed by atoms with van der Waals surface area (Å²) in [5, 5.41) is 8.02. The van der Waals surface area contributed by atoms with Crippen molar-refractivity contribution in [2.45, 2.75) is 53.0 Å². The van der Waals surface area contributed by atoms with Crippen LogP contribution in [0.3, 0.4) is 0 Å². The second-order valence-electron chi connectivity index (χ2n) is 8.26. The van der Waals surface area contributed by atoms with Gasteiger partial charge in [-0.05, 0) is 25.0 Å². The number of rotatable bonds is 4. The van der Waals surface area contributed by atoms with Crippen LogP contribution in [0.4, 0.5) is 5.82 Å². The number of hydrogen-bond donors (Lipinski definition) is 1. The van der Waals surface area contributed by atoms with Crippen molar-refractivity contribution in [1.29, 1.82) is 0 Å². The van der Waals surface area contributed by atoms with Crippen molar-refractivity contribution in [2.24, 2.45) is 5.41 Å². The quantitative estimate of drug-likeness (QED) is 0.780. The molecule has 1 fully saturated rings. The summed E-state index contributed by atoms with van der Waals surface area (Å²) in [5.41, 5.74) is 0.372. The molecule has 0 radical (unpaired) electrons. The molecule has 2 aromatic heterocycles. The van der Waals surface area contributed by atoms with E-state index < -0.39 is 5.41 Å². The zero-order chi connectivity index (χ0) is 20.5. The maximum atomic E-state index is 12.9. The Hall–Kier alpha value is -1.86. The van der Waals surface area contributed by atoms with Crippen LogP contribution in [0.2, 0.25) is 4.34 Å². The van der Waals surface area contributed by atoms with Crippen LogP contribution in [0.1, 0.15) is 61.8 Å². The summed E-state index contributed by atoms with van der Waals surface area (Å²) in [6.45, 7) is 9.34. The van der Waals surface area contributed by atoms with Crippen molar-refractivity contribution in [3.8, 4) is 0 Å². The highest BCUT2D eigenvalue weighted by Gasteiger charge is 2.29. The van der Waals surface area contributed by atoms with Gasteiger partial charge in [0.2, 0.25) is 5.91 Å². The molecule has 1 aliphatic rings. The molecule has 0 spiro atoms. The Labute approximate surface area is 174 Å². The average Bonchev–Trinajstić information content (AvgIpc) is 3.24. The van der Waals surface area contributed by atoms with Gasteiger partial charge in [-0.15, -0.1) is 11.3 Å². The van der Waals surface area contributed by atoms with Gasteiger partial charge in [0, 0.05) is 42.3 Å². The Morgan fingerprint density at radius 1 is 1.29 bits per heavy atom. The Morgan fingerprint density at radius 3 is 2.50 bits per heavy atom. The lowest BCUT2D eigenvalue weighted by molar-refractivity contribution is -0.129. The van der Waals surface area contributed by atoms with Crippen molar-refractivity contribution in [3.05, 3.63) is 33.1 Å². The van der Waals surface area contributed by atoms with E-state index in [0.717, 1.165) is 40.8 Å². The summed E-state index contributed by atoms with van der Waals surface area (Å²) in [4.78, 5) is 27.5. The molecule has 1 aliphatic heterocycles. The lowest BCUT2D eigenvalue weighted by atomic mass is 9.93. The van der Waals surface area contributed by atoms with Crippen LogP contribution in [-0.4, -0.2) is 39.6 Å². The Morgan fingerprint density at radius 2 is 1.96 bits per heavy atom. The van der Waals surface area contributed by atoms with Crippen molar-refractivity contribution in [2.75, 3.05) is 18.4 Å². The highest BCUT2D eigenvalue weighted by molar-refractivity contribution is 7.16. The van der Waals surface area contributed by atoms with E-state index in [0.29, 0.717) is 12.4 Å². The van der Waals surface area contributed by atoms with E-state index in [4.69, 9.17) is 11.6 Å². The number of likely N-dealkylation sites (tertiary alicyclic amines) is 1. The Bertz CT molecular complexity index is 860. The first-order valence-electron chi connectivity index (χ1n) is 9.53. The summed E-state index contributed by atoms with van der Waals surface area (Å²) in [5.74, 6) is 1.02. The molecule has 28 heavy (non-hydrogen) atoms. The minimum Gasteiger partial charge on any atom is -0.365 e. The van der Waals surface area contributed by atoms with E-state index in [-0.39, 0.29) is 17.7 Å². The van der Waals surface area contributed by atoms with Crippen LogP contribution in [0.15, 0.2) is 18.2 Å². The minimum absolute atomic E-state index is 0.0494. The standard InChI is InChI=1S/C20H27ClN4O2S/c1-13(26)24-9-7-14(8-10-24)16-11-18(22-12-15-5-6-17(21)28-15)25(23-16)19(27)20(2,3)4/h5-6,11,14,22H,7-10,12H2,1-4H3. The fraction of sp³-hybridized carbons (Fsp3) is 0.550. The van der Waals surface area contributed by atoms with Crippen LogP contribution >= 0.6 is 22.9 Å². The Balaban J connectivity index is 1.81. The monoisotopic (exact) mass is 422 g/mol. The third-order valence-electron chi connectivity index (χ3n) is 4.99. The molecule has 2 aromatic rings. The van der Waals surface area contributed by atoms with E-state index in [1.807, 2.05) is 43.9 Å². The largest absolute Gasteiger partial charge is 0.365 e. The predicted molar refractivity (Wildman–Crippen MR) is 113 cm³/mol. The topological polar surface area (TPSA) is 67.2 Å². The SMILES string of the molecule is CC(=O)N1CCC(c2cc(NCc3ccc(Cl)s3)n(C(=O)C(C)(C)C)n2)CC1. The molecule has 1 N–H and O–H groups in total. The summed E-state index contributed by atoms with van der Waals surface area (Å²) in [6.07, 6.45) is 1.72. The summed E-state index contributed by atoms with van der Waals surface area (Å²) < 4.78 is 2.25. The van der Waals surface area contributed by atoms with Crippen LogP contribution in [0.25, 0.3) is 0 Å². The molecule has 3 rings (SSSR count). The van der Waals surface area contributed by atoms with Gasteiger partial charge in [-0.1, -0.05) is 32.4 Å². The number of amides is 1. The van der Waals surface area contributed by atoms with Gasteiger partial charge in [-0.25, -0.2) is 0 Å². The van der Waals surface area contributed by atoms with Gasteiger partial charge in [0.05, 0.1) is 16.6 Å². The third-order valence-corrected chi connectivity index (χ3v) is 6.22. The zero-order valence-corrected chi connectivity index (χ0v) is 18.4. The van der Waals surface area contributed by atoms with Gasteiger partial charge in [0.25, 0.3) is 5.91 Å². The molecule has 1 amide bonds. The number of aromatic nitrogens is 2. The summed E-state index contributed by atoms with van der Waals surface area (Å²) in [6, 6.07) is 5.83. The fourth-order valence-corrected chi connectivity index (χ4v) is 4.34. The van der Waals surface area contributed by atoms with Crippen LogP contribution in [0, 0.1) is 5.41 Å². The molecule has 0 aromatic carbocycles. The highest BCUT2D eigenvalue weighted by atomic mass is 35.5. The molecule has 8 heteroatoms. The second-order valence-corrected chi connectivity index (χ2v) is 10.1.